The minimum Gasteiger partial charge on any atom is -0.478 e. The Morgan fingerprint density at radius 2 is 1.36 bits per heavy atom. The zero-order chi connectivity index (χ0) is 16.0. The Balaban J connectivity index is 2.22. The van der Waals surface area contributed by atoms with E-state index in [1.807, 2.05) is 6.92 Å². The van der Waals surface area contributed by atoms with Crippen LogP contribution in [0.3, 0.4) is 0 Å². The summed E-state index contributed by atoms with van der Waals surface area (Å²) >= 11 is 0. The molecular weight excluding hydrogens is 288 g/mol. The molecule has 6 nitrogen and oxygen atoms in total. The average Bonchev–Trinajstić information content (AvgIpc) is 3.31. The van der Waals surface area contributed by atoms with Crippen LogP contribution in [0.1, 0.15) is 43.0 Å². The van der Waals surface area contributed by atoms with Crippen LogP contribution in [0.15, 0.2) is 0 Å². The number of hydrogen-bond acceptors (Lipinski definition) is 4. The Hall–Kier alpha value is -1.92. The quantitative estimate of drug-likeness (QED) is 0.774. The average molecular weight is 306 g/mol. The van der Waals surface area contributed by atoms with Gasteiger partial charge in [0.15, 0.2) is 0 Å². The highest BCUT2D eigenvalue weighted by Gasteiger charge is 2.34. The molecule has 0 aliphatic carbocycles. The van der Waals surface area contributed by atoms with E-state index in [0.29, 0.717) is 37.2 Å². The molecule has 2 heterocycles. The lowest BCUT2D eigenvalue weighted by atomic mass is 9.84. The maximum atomic E-state index is 11.7. The Bertz CT molecular complexity index is 655. The summed E-state index contributed by atoms with van der Waals surface area (Å²) in [5.41, 5.74) is 2.64. The second-order valence-electron chi connectivity index (χ2n) is 5.89. The van der Waals surface area contributed by atoms with Gasteiger partial charge in [0, 0.05) is 12.8 Å². The molecule has 2 fully saturated rings. The van der Waals surface area contributed by atoms with Gasteiger partial charge in [-0.2, -0.15) is 0 Å². The molecule has 2 aliphatic rings. The van der Waals surface area contributed by atoms with Crippen LogP contribution < -0.4 is 0 Å². The van der Waals surface area contributed by atoms with Crippen molar-refractivity contribution in [2.45, 2.75) is 38.9 Å². The van der Waals surface area contributed by atoms with Crippen LogP contribution in [-0.2, 0) is 22.3 Å². The van der Waals surface area contributed by atoms with Gasteiger partial charge < -0.3 is 19.7 Å². The molecule has 0 saturated carbocycles. The van der Waals surface area contributed by atoms with Crippen molar-refractivity contribution in [3.05, 3.63) is 33.4 Å². The molecule has 1 aromatic carbocycles. The van der Waals surface area contributed by atoms with Gasteiger partial charge in [-0.05, 0) is 36.1 Å². The van der Waals surface area contributed by atoms with Gasteiger partial charge in [0.25, 0.3) is 0 Å². The van der Waals surface area contributed by atoms with Crippen LogP contribution in [0.25, 0.3) is 0 Å². The topological polar surface area (TPSA) is 99.7 Å². The minimum absolute atomic E-state index is 0.0132. The van der Waals surface area contributed by atoms with Gasteiger partial charge >= 0.3 is 11.9 Å². The van der Waals surface area contributed by atoms with Crippen LogP contribution in [0.5, 0.6) is 0 Å². The molecule has 0 aromatic heterocycles. The number of aromatic carboxylic acids is 2. The molecule has 118 valence electrons. The predicted octanol–water partition coefficient (Wildman–Crippen LogP) is 1.58. The first kappa shape index (κ1) is 15.0. The number of carbonyl (C=O) groups is 2. The number of ether oxygens (including phenoxy) is 2. The Morgan fingerprint density at radius 1 is 0.909 bits per heavy atom. The molecule has 6 heteroatoms. The van der Waals surface area contributed by atoms with Crippen LogP contribution in [0.4, 0.5) is 0 Å². The van der Waals surface area contributed by atoms with E-state index >= 15 is 0 Å². The summed E-state index contributed by atoms with van der Waals surface area (Å²) in [6.07, 6.45) is 1.15. The maximum absolute atomic E-state index is 11.7. The van der Waals surface area contributed by atoms with Gasteiger partial charge in [-0.1, -0.05) is 0 Å². The third-order valence-corrected chi connectivity index (χ3v) is 4.40. The third-order valence-electron chi connectivity index (χ3n) is 4.40. The number of carboxylic acids is 2. The molecule has 0 amide bonds. The van der Waals surface area contributed by atoms with Gasteiger partial charge in [-0.3, -0.25) is 0 Å². The first-order valence-corrected chi connectivity index (χ1v) is 7.24. The van der Waals surface area contributed by atoms with Gasteiger partial charge in [-0.15, -0.1) is 0 Å². The van der Waals surface area contributed by atoms with E-state index in [2.05, 4.69) is 0 Å². The molecule has 1 aromatic rings. The van der Waals surface area contributed by atoms with E-state index in [4.69, 9.17) is 9.47 Å². The minimum atomic E-state index is -1.20. The number of benzene rings is 1. The molecule has 3 rings (SSSR count). The molecular formula is C16H18O6. The van der Waals surface area contributed by atoms with Crippen molar-refractivity contribution in [3.63, 3.8) is 0 Å². The first-order valence-electron chi connectivity index (χ1n) is 7.24. The Kier molecular flexibility index (Phi) is 3.66. The summed E-state index contributed by atoms with van der Waals surface area (Å²) in [6.45, 7) is 4.77. The van der Waals surface area contributed by atoms with Crippen molar-refractivity contribution in [2.75, 3.05) is 13.2 Å². The summed E-state index contributed by atoms with van der Waals surface area (Å²) in [5.74, 6) is -2.40. The van der Waals surface area contributed by atoms with Crippen molar-refractivity contribution < 1.29 is 29.3 Å². The van der Waals surface area contributed by atoms with Gasteiger partial charge in [0.05, 0.1) is 36.5 Å². The largest absolute Gasteiger partial charge is 0.478 e. The van der Waals surface area contributed by atoms with Gasteiger partial charge in [-0.25, -0.2) is 9.59 Å². The van der Waals surface area contributed by atoms with Crippen molar-refractivity contribution in [1.82, 2.24) is 0 Å². The van der Waals surface area contributed by atoms with Crippen LogP contribution >= 0.6 is 0 Å². The summed E-state index contributed by atoms with van der Waals surface area (Å²) in [6, 6.07) is 0. The van der Waals surface area contributed by atoms with E-state index < -0.39 is 11.9 Å². The summed E-state index contributed by atoms with van der Waals surface area (Å²) in [5, 5.41) is 19.0. The van der Waals surface area contributed by atoms with E-state index in [9.17, 15) is 19.8 Å². The van der Waals surface area contributed by atoms with E-state index in [1.54, 1.807) is 6.92 Å². The number of hydrogen-bond donors (Lipinski definition) is 2. The van der Waals surface area contributed by atoms with E-state index in [1.165, 1.54) is 0 Å². The molecule has 2 atom stereocenters. The van der Waals surface area contributed by atoms with Crippen LogP contribution in [-0.4, -0.2) is 47.6 Å². The number of rotatable bonds is 6. The Morgan fingerprint density at radius 3 is 1.77 bits per heavy atom. The van der Waals surface area contributed by atoms with Gasteiger partial charge in [0.1, 0.15) is 0 Å². The Labute approximate surface area is 127 Å². The maximum Gasteiger partial charge on any atom is 0.336 e. The van der Waals surface area contributed by atoms with Crippen LogP contribution in [0, 0.1) is 13.8 Å². The number of carboxylic acid groups (broad SMARTS) is 2. The standard InChI is InChI=1S/C16H18O6/c1-7-8(2)13(15(17)18)14(16(19)20)12(4-10-6-22-10)11(7)3-9-5-21-9/h9-10H,3-6H2,1-2H3,(H,17,18)(H,19,20). The first-order chi connectivity index (χ1) is 10.4. The molecule has 2 N–H and O–H groups in total. The summed E-state index contributed by atoms with van der Waals surface area (Å²) in [7, 11) is 0. The zero-order valence-corrected chi connectivity index (χ0v) is 12.5. The molecule has 22 heavy (non-hydrogen) atoms. The highest BCUT2D eigenvalue weighted by atomic mass is 16.6. The van der Waals surface area contributed by atoms with E-state index in [0.717, 1.165) is 11.1 Å². The lowest BCUT2D eigenvalue weighted by Gasteiger charge is -2.20. The summed E-state index contributed by atoms with van der Waals surface area (Å²) in [4.78, 5) is 23.3. The lowest BCUT2D eigenvalue weighted by molar-refractivity contribution is 0.0649. The van der Waals surface area contributed by atoms with Crippen molar-refractivity contribution in [1.29, 1.82) is 0 Å². The molecule has 2 aliphatic heterocycles. The van der Waals surface area contributed by atoms with Crippen molar-refractivity contribution >= 4 is 11.9 Å². The zero-order valence-electron chi connectivity index (χ0n) is 12.5. The second kappa shape index (κ2) is 5.37. The highest BCUT2D eigenvalue weighted by Crippen LogP contribution is 2.33. The number of epoxide rings is 2. The fourth-order valence-electron chi connectivity index (χ4n) is 2.96. The predicted molar refractivity (Wildman–Crippen MR) is 76.7 cm³/mol. The third kappa shape index (κ3) is 2.71. The van der Waals surface area contributed by atoms with E-state index in [-0.39, 0.29) is 23.3 Å². The smallest absolute Gasteiger partial charge is 0.336 e. The van der Waals surface area contributed by atoms with Gasteiger partial charge in [0.2, 0.25) is 0 Å². The lowest BCUT2D eigenvalue weighted by Crippen LogP contribution is -2.19. The second-order valence-corrected chi connectivity index (χ2v) is 5.89. The molecule has 0 bridgehead atoms. The summed E-state index contributed by atoms with van der Waals surface area (Å²) < 4.78 is 10.5. The van der Waals surface area contributed by atoms with Crippen LogP contribution in [0.2, 0.25) is 0 Å². The molecule has 2 unspecified atom stereocenters. The molecule has 0 spiro atoms. The molecule has 0 radical (unpaired) electrons. The fourth-order valence-corrected chi connectivity index (χ4v) is 2.96. The highest BCUT2D eigenvalue weighted by molar-refractivity contribution is 6.04. The fraction of sp³-hybridized carbons (Fsp3) is 0.500. The van der Waals surface area contributed by atoms with Crippen molar-refractivity contribution in [2.24, 2.45) is 0 Å². The molecule has 2 saturated heterocycles. The monoisotopic (exact) mass is 306 g/mol. The SMILES string of the molecule is Cc1c(C)c(C(=O)O)c(C(=O)O)c(CC2CO2)c1CC1CO1. The normalized spacial score (nSPS) is 22.5. The van der Waals surface area contributed by atoms with Crippen molar-refractivity contribution in [3.8, 4) is 0 Å².